The maximum atomic E-state index is 12.4. The zero-order valence-corrected chi connectivity index (χ0v) is 20.0. The molecule has 0 aliphatic carbocycles. The van der Waals surface area contributed by atoms with E-state index in [1.807, 2.05) is 35.8 Å². The van der Waals surface area contributed by atoms with Crippen molar-refractivity contribution in [3.8, 4) is 17.1 Å². The van der Waals surface area contributed by atoms with Crippen molar-refractivity contribution in [1.82, 2.24) is 14.8 Å². The van der Waals surface area contributed by atoms with Crippen molar-refractivity contribution in [3.05, 3.63) is 57.6 Å². The summed E-state index contributed by atoms with van der Waals surface area (Å²) in [6.07, 6.45) is 0. The van der Waals surface area contributed by atoms with Crippen LogP contribution >= 0.6 is 23.4 Å². The minimum Gasteiger partial charge on any atom is -0.493 e. The molecular weight excluding hydrogens is 466 g/mol. The quantitative estimate of drug-likeness (QED) is 0.234. The van der Waals surface area contributed by atoms with Gasteiger partial charge in [0.1, 0.15) is 10.8 Å². The number of hydrogen-bond donors (Lipinski definition) is 1. The minimum absolute atomic E-state index is 0.00969. The summed E-state index contributed by atoms with van der Waals surface area (Å²) in [6.45, 7) is 7.44. The van der Waals surface area contributed by atoms with Crippen LogP contribution in [0.3, 0.4) is 0 Å². The van der Waals surface area contributed by atoms with Crippen molar-refractivity contribution in [2.75, 3.05) is 17.7 Å². The Bertz CT molecular complexity index is 1130. The molecule has 9 nitrogen and oxygen atoms in total. The second kappa shape index (κ2) is 11.2. The van der Waals surface area contributed by atoms with Crippen LogP contribution in [0.4, 0.5) is 11.4 Å². The highest BCUT2D eigenvalue weighted by atomic mass is 35.5. The fourth-order valence-corrected chi connectivity index (χ4v) is 3.90. The zero-order chi connectivity index (χ0) is 24.0. The van der Waals surface area contributed by atoms with Gasteiger partial charge in [0.25, 0.3) is 5.69 Å². The lowest BCUT2D eigenvalue weighted by atomic mass is 10.2. The number of nitrogens with one attached hydrogen (secondary N) is 1. The predicted molar refractivity (Wildman–Crippen MR) is 129 cm³/mol. The summed E-state index contributed by atoms with van der Waals surface area (Å²) < 4.78 is 7.65. The summed E-state index contributed by atoms with van der Waals surface area (Å²) in [6, 6.07) is 11.8. The molecule has 174 valence electrons. The molecule has 0 aliphatic heterocycles. The van der Waals surface area contributed by atoms with Gasteiger partial charge in [0.2, 0.25) is 5.91 Å². The molecule has 0 atom stereocenters. The molecule has 1 aromatic heterocycles. The normalized spacial score (nSPS) is 10.9. The lowest BCUT2D eigenvalue weighted by Crippen LogP contribution is -2.14. The number of benzene rings is 2. The van der Waals surface area contributed by atoms with Crippen LogP contribution in [0.1, 0.15) is 20.8 Å². The monoisotopic (exact) mass is 489 g/mol. The van der Waals surface area contributed by atoms with E-state index in [1.54, 1.807) is 0 Å². The van der Waals surface area contributed by atoms with E-state index in [4.69, 9.17) is 16.3 Å². The van der Waals surface area contributed by atoms with Crippen LogP contribution in [0.2, 0.25) is 5.02 Å². The molecule has 3 aromatic rings. The molecule has 1 amide bonds. The molecule has 11 heteroatoms. The van der Waals surface area contributed by atoms with E-state index in [1.165, 1.54) is 30.0 Å². The first-order valence-corrected chi connectivity index (χ1v) is 11.7. The number of nitro groups is 1. The van der Waals surface area contributed by atoms with Crippen LogP contribution in [-0.4, -0.2) is 38.0 Å². The molecule has 3 rings (SSSR count). The number of carbonyl (C=O) groups excluding carboxylic acids is 1. The van der Waals surface area contributed by atoms with E-state index in [0.717, 1.165) is 11.3 Å². The number of nitrogens with zero attached hydrogens (tertiary/aromatic N) is 4. The average Bonchev–Trinajstić information content (AvgIpc) is 3.20. The van der Waals surface area contributed by atoms with Crippen molar-refractivity contribution in [2.45, 2.75) is 32.5 Å². The number of halogens is 1. The van der Waals surface area contributed by atoms with Gasteiger partial charge in [0.15, 0.2) is 11.0 Å². The van der Waals surface area contributed by atoms with Crippen LogP contribution in [0, 0.1) is 16.0 Å². The largest absolute Gasteiger partial charge is 0.493 e. The van der Waals surface area contributed by atoms with Crippen LogP contribution in [-0.2, 0) is 11.3 Å². The van der Waals surface area contributed by atoms with E-state index in [9.17, 15) is 14.9 Å². The molecule has 2 aromatic carbocycles. The van der Waals surface area contributed by atoms with Gasteiger partial charge < -0.3 is 14.6 Å². The van der Waals surface area contributed by atoms with E-state index < -0.39 is 4.92 Å². The Morgan fingerprint density at radius 2 is 1.97 bits per heavy atom. The first-order valence-electron chi connectivity index (χ1n) is 10.3. The highest BCUT2D eigenvalue weighted by Crippen LogP contribution is 2.28. The Labute approximate surface area is 200 Å². The van der Waals surface area contributed by atoms with E-state index in [0.29, 0.717) is 35.7 Å². The van der Waals surface area contributed by atoms with Gasteiger partial charge in [0.05, 0.1) is 17.3 Å². The molecule has 0 fully saturated rings. The molecular formula is C22H24ClN5O4S. The number of rotatable bonds is 10. The number of carbonyl (C=O) groups is 1. The van der Waals surface area contributed by atoms with Gasteiger partial charge in [-0.25, -0.2) is 0 Å². The van der Waals surface area contributed by atoms with Crippen LogP contribution in [0.25, 0.3) is 11.4 Å². The van der Waals surface area contributed by atoms with Crippen molar-refractivity contribution in [2.24, 2.45) is 5.92 Å². The summed E-state index contributed by atoms with van der Waals surface area (Å²) >= 11 is 7.04. The SMILES string of the molecule is CCn1c(SCC(=O)Nc2ccc(Cl)c([N+](=O)[O-])c2)nnc1-c1ccc(OCC(C)C)cc1. The molecule has 33 heavy (non-hydrogen) atoms. The lowest BCUT2D eigenvalue weighted by Gasteiger charge is -2.10. The molecule has 0 saturated carbocycles. The lowest BCUT2D eigenvalue weighted by molar-refractivity contribution is -0.384. The topological polar surface area (TPSA) is 112 Å². The van der Waals surface area contributed by atoms with Crippen molar-refractivity contribution in [3.63, 3.8) is 0 Å². The number of anilines is 1. The number of aromatic nitrogens is 3. The third kappa shape index (κ3) is 6.45. The molecule has 1 N–H and O–H groups in total. The second-order valence-corrected chi connectivity index (χ2v) is 8.89. The fourth-order valence-electron chi connectivity index (χ4n) is 2.91. The number of thioether (sulfide) groups is 1. The summed E-state index contributed by atoms with van der Waals surface area (Å²) in [5.41, 5.74) is 0.929. The van der Waals surface area contributed by atoms with Crippen LogP contribution in [0.5, 0.6) is 5.75 Å². The van der Waals surface area contributed by atoms with E-state index in [-0.39, 0.29) is 22.4 Å². The number of ether oxygens (including phenoxy) is 1. The number of hydrogen-bond acceptors (Lipinski definition) is 7. The van der Waals surface area contributed by atoms with Gasteiger partial charge in [-0.1, -0.05) is 37.2 Å². The molecule has 0 saturated heterocycles. The standard InChI is InChI=1S/C22H24ClN5O4S/c1-4-27-21(15-5-8-17(9-6-15)32-12-14(2)3)25-26-22(27)33-13-20(29)24-16-7-10-18(23)19(11-16)28(30)31/h5-11,14H,4,12-13H2,1-3H3,(H,24,29). The highest BCUT2D eigenvalue weighted by molar-refractivity contribution is 7.99. The Morgan fingerprint density at radius 1 is 1.24 bits per heavy atom. The Kier molecular flexibility index (Phi) is 8.29. The molecule has 1 heterocycles. The molecule has 0 bridgehead atoms. The first-order chi connectivity index (χ1) is 15.8. The summed E-state index contributed by atoms with van der Waals surface area (Å²) in [5, 5.41) is 22.8. The van der Waals surface area contributed by atoms with Crippen molar-refractivity contribution >= 4 is 40.6 Å². The number of amides is 1. The second-order valence-electron chi connectivity index (χ2n) is 7.54. The van der Waals surface area contributed by atoms with Gasteiger partial charge >= 0.3 is 0 Å². The number of nitro benzene ring substituents is 1. The Balaban J connectivity index is 1.65. The van der Waals surface area contributed by atoms with Gasteiger partial charge in [-0.3, -0.25) is 14.9 Å². The smallest absolute Gasteiger partial charge is 0.289 e. The first kappa shape index (κ1) is 24.5. The fraction of sp³-hybridized carbons (Fsp3) is 0.318. The third-order valence-electron chi connectivity index (χ3n) is 4.49. The van der Waals surface area contributed by atoms with Gasteiger partial charge in [-0.05, 0) is 49.2 Å². The third-order valence-corrected chi connectivity index (χ3v) is 5.77. The molecule has 0 radical (unpaired) electrons. The molecule has 0 spiro atoms. The van der Waals surface area contributed by atoms with E-state index in [2.05, 4.69) is 29.4 Å². The summed E-state index contributed by atoms with van der Waals surface area (Å²) in [5.74, 6) is 1.68. The zero-order valence-electron chi connectivity index (χ0n) is 18.4. The predicted octanol–water partition coefficient (Wildman–Crippen LogP) is 5.29. The maximum absolute atomic E-state index is 12.4. The summed E-state index contributed by atoms with van der Waals surface area (Å²) in [7, 11) is 0. The molecule has 0 unspecified atom stereocenters. The molecule has 0 aliphatic rings. The Hall–Kier alpha value is -3.11. The van der Waals surface area contributed by atoms with E-state index >= 15 is 0 Å². The maximum Gasteiger partial charge on any atom is 0.289 e. The van der Waals surface area contributed by atoms with Crippen molar-refractivity contribution in [1.29, 1.82) is 0 Å². The van der Waals surface area contributed by atoms with Gasteiger partial charge in [0, 0.05) is 23.9 Å². The Morgan fingerprint density at radius 3 is 2.61 bits per heavy atom. The minimum atomic E-state index is -0.596. The van der Waals surface area contributed by atoms with Crippen molar-refractivity contribution < 1.29 is 14.5 Å². The average molecular weight is 490 g/mol. The summed E-state index contributed by atoms with van der Waals surface area (Å²) in [4.78, 5) is 22.8. The highest BCUT2D eigenvalue weighted by Gasteiger charge is 2.17. The van der Waals surface area contributed by atoms with Gasteiger partial charge in [-0.2, -0.15) is 0 Å². The van der Waals surface area contributed by atoms with Crippen LogP contribution < -0.4 is 10.1 Å². The van der Waals surface area contributed by atoms with Crippen LogP contribution in [0.15, 0.2) is 47.6 Å². The van der Waals surface area contributed by atoms with Gasteiger partial charge in [-0.15, -0.1) is 10.2 Å².